The van der Waals surface area contributed by atoms with Crippen LogP contribution in [0.4, 0.5) is 0 Å². The molecule has 30 heavy (non-hydrogen) atoms. The van der Waals surface area contributed by atoms with E-state index in [1.807, 2.05) is 0 Å². The van der Waals surface area contributed by atoms with Crippen LogP contribution in [0.15, 0.2) is 72.3 Å². The van der Waals surface area contributed by atoms with Gasteiger partial charge in [-0.1, -0.05) is 111 Å². The van der Waals surface area contributed by atoms with Crippen molar-refractivity contribution in [1.29, 1.82) is 0 Å². The first-order valence-electron chi connectivity index (χ1n) is 11.4. The normalized spacial score (nSPS) is 34.6. The molecule has 0 aromatic heterocycles. The molecule has 0 radical (unpaired) electrons. The second-order valence-electron chi connectivity index (χ2n) is 10.8. The first-order chi connectivity index (χ1) is 14.2. The molecule has 0 amide bonds. The average molecular weight is 416 g/mol. The zero-order valence-electron chi connectivity index (χ0n) is 18.9. The highest BCUT2D eigenvalue weighted by Gasteiger charge is 2.78. The lowest BCUT2D eigenvalue weighted by molar-refractivity contribution is -0.0801. The molecule has 0 N–H and O–H groups in total. The molecule has 2 bridgehead atoms. The highest BCUT2D eigenvalue weighted by Crippen LogP contribution is 2.76. The van der Waals surface area contributed by atoms with Crippen LogP contribution in [0.25, 0.3) is 0 Å². The summed E-state index contributed by atoms with van der Waals surface area (Å²) in [6.07, 6.45) is 2.54. The van der Waals surface area contributed by atoms with Gasteiger partial charge in [-0.2, -0.15) is 0 Å². The van der Waals surface area contributed by atoms with Crippen molar-refractivity contribution in [2.75, 3.05) is 0 Å². The minimum Gasteiger partial charge on any atom is -0.401 e. The van der Waals surface area contributed by atoms with Crippen LogP contribution in [-0.4, -0.2) is 21.3 Å². The standard InChI is InChI=1S/C26H33BO2Si/c1-24(2)22-16-17-25(24,3)26(20-12-8-6-9-13-20)23(22)28-27(29-26)18-19-30(4,5)21-14-10-7-11-15-21/h6-15,18-19,22-23H,16-17H2,1-5H3/b19-18-/t22-,23-,25-,26-/m1/s1. The zero-order valence-corrected chi connectivity index (χ0v) is 19.9. The Bertz CT molecular complexity index is 958. The van der Waals surface area contributed by atoms with E-state index in [2.05, 4.69) is 106 Å². The molecule has 1 heterocycles. The maximum Gasteiger partial charge on any atom is 0.486 e. The minimum atomic E-state index is -1.69. The van der Waals surface area contributed by atoms with Gasteiger partial charge in [0.25, 0.3) is 0 Å². The van der Waals surface area contributed by atoms with E-state index in [0.29, 0.717) is 5.92 Å². The summed E-state index contributed by atoms with van der Waals surface area (Å²) in [6.45, 7) is 12.1. The molecule has 1 saturated heterocycles. The molecule has 2 aromatic carbocycles. The van der Waals surface area contributed by atoms with Crippen LogP contribution in [-0.2, 0) is 14.9 Å². The van der Waals surface area contributed by atoms with E-state index < -0.39 is 8.07 Å². The fourth-order valence-electron chi connectivity index (χ4n) is 6.68. The zero-order chi connectivity index (χ0) is 21.2. The summed E-state index contributed by atoms with van der Waals surface area (Å²) in [6, 6.07) is 21.7. The van der Waals surface area contributed by atoms with Crippen molar-refractivity contribution in [2.45, 2.75) is 58.4 Å². The molecule has 4 heteroatoms. The van der Waals surface area contributed by atoms with Gasteiger partial charge in [0.2, 0.25) is 0 Å². The fourth-order valence-corrected chi connectivity index (χ4v) is 8.56. The fraction of sp³-hybridized carbons (Fsp3) is 0.462. The third-order valence-corrected chi connectivity index (χ3v) is 11.7. The number of benzene rings is 2. The van der Waals surface area contributed by atoms with Crippen LogP contribution in [0.3, 0.4) is 0 Å². The van der Waals surface area contributed by atoms with Crippen molar-refractivity contribution in [1.82, 2.24) is 0 Å². The van der Waals surface area contributed by atoms with Gasteiger partial charge in [0, 0.05) is 5.41 Å². The van der Waals surface area contributed by atoms with Crippen LogP contribution in [0.1, 0.15) is 39.2 Å². The molecule has 2 nitrogen and oxygen atoms in total. The Balaban J connectivity index is 1.51. The topological polar surface area (TPSA) is 18.5 Å². The summed E-state index contributed by atoms with van der Waals surface area (Å²) < 4.78 is 13.7. The van der Waals surface area contributed by atoms with E-state index in [4.69, 9.17) is 9.31 Å². The highest BCUT2D eigenvalue weighted by atomic mass is 28.3. The summed E-state index contributed by atoms with van der Waals surface area (Å²) in [5.74, 6) is 2.73. The van der Waals surface area contributed by atoms with Gasteiger partial charge in [-0.15, -0.1) is 0 Å². The van der Waals surface area contributed by atoms with Crippen molar-refractivity contribution in [3.05, 3.63) is 77.9 Å². The second-order valence-corrected chi connectivity index (χ2v) is 15.1. The summed E-state index contributed by atoms with van der Waals surface area (Å²) in [4.78, 5) is 0. The van der Waals surface area contributed by atoms with Gasteiger partial charge in [-0.25, -0.2) is 0 Å². The molecule has 0 spiro atoms. The van der Waals surface area contributed by atoms with Crippen LogP contribution in [0.2, 0.25) is 13.1 Å². The minimum absolute atomic E-state index is 0.0612. The van der Waals surface area contributed by atoms with Crippen molar-refractivity contribution in [3.8, 4) is 0 Å². The predicted molar refractivity (Wildman–Crippen MR) is 127 cm³/mol. The third kappa shape index (κ3) is 2.57. The Morgan fingerprint density at radius 2 is 1.60 bits per heavy atom. The van der Waals surface area contributed by atoms with Gasteiger partial charge in [0.05, 0.1) is 6.10 Å². The Labute approximate surface area is 182 Å². The number of hydrogen-bond acceptors (Lipinski definition) is 2. The van der Waals surface area contributed by atoms with Gasteiger partial charge < -0.3 is 9.31 Å². The van der Waals surface area contributed by atoms with Crippen LogP contribution < -0.4 is 5.19 Å². The number of rotatable bonds is 4. The van der Waals surface area contributed by atoms with E-state index in [9.17, 15) is 0 Å². The van der Waals surface area contributed by atoms with E-state index in [1.165, 1.54) is 23.6 Å². The van der Waals surface area contributed by atoms with Gasteiger partial charge in [0.1, 0.15) is 13.7 Å². The summed E-state index contributed by atoms with van der Waals surface area (Å²) in [7, 11) is -1.97. The summed E-state index contributed by atoms with van der Waals surface area (Å²) in [5, 5.41) is 1.44. The lowest BCUT2D eigenvalue weighted by Crippen LogP contribution is -2.50. The lowest BCUT2D eigenvalue weighted by Gasteiger charge is -2.48. The van der Waals surface area contributed by atoms with Crippen molar-refractivity contribution >= 4 is 20.4 Å². The Kier molecular flexibility index (Phi) is 4.52. The van der Waals surface area contributed by atoms with Crippen LogP contribution in [0, 0.1) is 16.7 Å². The SMILES string of the molecule is CC1(C)[C@@H]2CC[C@@]1(C)[C@]1(c3ccccc3)OB(/C=C\[Si](C)(C)c3ccccc3)O[C@H]21. The van der Waals surface area contributed by atoms with Gasteiger partial charge >= 0.3 is 7.12 Å². The van der Waals surface area contributed by atoms with Crippen LogP contribution in [0.5, 0.6) is 0 Å². The van der Waals surface area contributed by atoms with E-state index >= 15 is 0 Å². The molecule has 2 saturated carbocycles. The quantitative estimate of drug-likeness (QED) is 0.614. The second kappa shape index (κ2) is 6.69. The molecule has 5 rings (SSSR count). The summed E-state index contributed by atoms with van der Waals surface area (Å²) >= 11 is 0. The molecule has 3 aliphatic rings. The molecule has 1 aliphatic heterocycles. The summed E-state index contributed by atoms with van der Waals surface area (Å²) in [5.41, 5.74) is 3.56. The largest absolute Gasteiger partial charge is 0.486 e. The van der Waals surface area contributed by atoms with Gasteiger partial charge in [-0.3, -0.25) is 0 Å². The number of hydrogen-bond donors (Lipinski definition) is 0. The van der Waals surface area contributed by atoms with Gasteiger partial charge in [0.15, 0.2) is 0 Å². The van der Waals surface area contributed by atoms with Crippen molar-refractivity contribution in [3.63, 3.8) is 0 Å². The third-order valence-electron chi connectivity index (χ3n) is 8.86. The van der Waals surface area contributed by atoms with E-state index in [-0.39, 0.29) is 29.7 Å². The first kappa shape index (κ1) is 20.3. The Hall–Kier alpha value is -1.62. The van der Waals surface area contributed by atoms with Crippen LogP contribution >= 0.6 is 0 Å². The Morgan fingerprint density at radius 3 is 2.27 bits per heavy atom. The first-order valence-corrected chi connectivity index (χ1v) is 14.4. The predicted octanol–water partition coefficient (Wildman–Crippen LogP) is 5.49. The van der Waals surface area contributed by atoms with E-state index in [1.54, 1.807) is 0 Å². The molecular weight excluding hydrogens is 383 g/mol. The molecule has 2 aliphatic carbocycles. The van der Waals surface area contributed by atoms with Crippen molar-refractivity contribution in [2.24, 2.45) is 16.7 Å². The maximum atomic E-state index is 6.98. The molecular formula is C26H33BO2Si. The molecule has 2 aromatic rings. The molecule has 156 valence electrons. The van der Waals surface area contributed by atoms with Crippen molar-refractivity contribution < 1.29 is 9.31 Å². The Morgan fingerprint density at radius 1 is 0.967 bits per heavy atom. The van der Waals surface area contributed by atoms with Gasteiger partial charge in [-0.05, 0) is 29.7 Å². The monoisotopic (exact) mass is 416 g/mol. The maximum absolute atomic E-state index is 6.98. The molecule has 3 fully saturated rings. The molecule has 0 unspecified atom stereocenters. The highest BCUT2D eigenvalue weighted by molar-refractivity contribution is 6.94. The number of fused-ring (bicyclic) bond motifs is 5. The molecule has 4 atom stereocenters. The van der Waals surface area contributed by atoms with E-state index in [0.717, 1.165) is 0 Å². The smallest absolute Gasteiger partial charge is 0.401 e. The average Bonchev–Trinajstić information content (AvgIpc) is 3.29. The lowest BCUT2D eigenvalue weighted by atomic mass is 9.61.